The fraction of sp³-hybridized carbons (Fsp3) is 0.438. The highest BCUT2D eigenvalue weighted by molar-refractivity contribution is 6.30. The lowest BCUT2D eigenvalue weighted by Gasteiger charge is -2.18. The Kier molecular flexibility index (Phi) is 6.08. The van der Waals surface area contributed by atoms with E-state index in [0.717, 1.165) is 25.1 Å². The van der Waals surface area contributed by atoms with Crippen LogP contribution in [0.4, 0.5) is 0 Å². The van der Waals surface area contributed by atoms with Gasteiger partial charge in [0.1, 0.15) is 12.4 Å². The van der Waals surface area contributed by atoms with Crippen molar-refractivity contribution in [2.45, 2.75) is 25.8 Å². The maximum Gasteiger partial charge on any atom is 0.120 e. The Bertz CT molecular complexity index is 556. The second-order valence-corrected chi connectivity index (χ2v) is 5.52. The maximum atomic E-state index is 5.96. The number of aromatic nitrogens is 2. The minimum Gasteiger partial charge on any atom is -0.492 e. The summed E-state index contributed by atoms with van der Waals surface area (Å²) in [5.41, 5.74) is 1.25. The first-order chi connectivity index (χ1) is 10.2. The van der Waals surface area contributed by atoms with Crippen molar-refractivity contribution in [3.05, 3.63) is 47.2 Å². The predicted molar refractivity (Wildman–Crippen MR) is 85.9 cm³/mol. The van der Waals surface area contributed by atoms with E-state index in [2.05, 4.69) is 23.5 Å². The molecule has 0 bridgehead atoms. The largest absolute Gasteiger partial charge is 0.492 e. The van der Waals surface area contributed by atoms with Crippen LogP contribution in [0.25, 0.3) is 0 Å². The summed E-state index contributed by atoms with van der Waals surface area (Å²) in [5, 5.41) is 8.35. The van der Waals surface area contributed by atoms with Gasteiger partial charge in [-0.3, -0.25) is 4.68 Å². The van der Waals surface area contributed by atoms with Gasteiger partial charge in [0.2, 0.25) is 0 Å². The van der Waals surface area contributed by atoms with Gasteiger partial charge in [0.15, 0.2) is 0 Å². The summed E-state index contributed by atoms with van der Waals surface area (Å²) in [7, 11) is 1.94. The van der Waals surface area contributed by atoms with Crippen molar-refractivity contribution < 1.29 is 4.74 Å². The lowest BCUT2D eigenvalue weighted by atomic mass is 10.1. The van der Waals surface area contributed by atoms with Crippen molar-refractivity contribution >= 4 is 11.6 Å². The summed E-state index contributed by atoms with van der Waals surface area (Å²) >= 11 is 5.96. The number of aryl methyl sites for hydroxylation is 2. The monoisotopic (exact) mass is 307 g/mol. The molecule has 21 heavy (non-hydrogen) atoms. The van der Waals surface area contributed by atoms with Crippen LogP contribution in [0.1, 0.15) is 18.9 Å². The van der Waals surface area contributed by atoms with Crippen LogP contribution in [0, 0.1) is 0 Å². The topological polar surface area (TPSA) is 39.1 Å². The van der Waals surface area contributed by atoms with E-state index in [0.29, 0.717) is 17.7 Å². The average Bonchev–Trinajstić information content (AvgIpc) is 2.88. The Morgan fingerprint density at radius 3 is 2.95 bits per heavy atom. The Labute approximate surface area is 131 Å². The fourth-order valence-corrected chi connectivity index (χ4v) is 2.41. The minimum absolute atomic E-state index is 0.314. The molecule has 1 aromatic carbocycles. The molecule has 0 saturated carbocycles. The van der Waals surface area contributed by atoms with E-state index >= 15 is 0 Å². The molecule has 0 radical (unpaired) electrons. The van der Waals surface area contributed by atoms with Crippen molar-refractivity contribution in [3.63, 3.8) is 0 Å². The van der Waals surface area contributed by atoms with Crippen molar-refractivity contribution in [2.24, 2.45) is 7.05 Å². The smallest absolute Gasteiger partial charge is 0.120 e. The Morgan fingerprint density at radius 1 is 1.43 bits per heavy atom. The number of nitrogens with one attached hydrogen (secondary N) is 1. The highest BCUT2D eigenvalue weighted by atomic mass is 35.5. The van der Waals surface area contributed by atoms with Crippen LogP contribution in [0.15, 0.2) is 36.7 Å². The summed E-state index contributed by atoms with van der Waals surface area (Å²) in [4.78, 5) is 0. The van der Waals surface area contributed by atoms with Crippen LogP contribution in [0.5, 0.6) is 5.75 Å². The predicted octanol–water partition coefficient (Wildman–Crippen LogP) is 3.06. The van der Waals surface area contributed by atoms with Gasteiger partial charge in [-0.25, -0.2) is 0 Å². The van der Waals surface area contributed by atoms with Crippen molar-refractivity contribution in [1.82, 2.24) is 15.1 Å². The summed E-state index contributed by atoms with van der Waals surface area (Å²) in [6.45, 7) is 3.67. The standard InChI is InChI=1S/C16H22ClN3O/c1-3-18-15(8-7-13-10-19-20(2)11-13)12-21-16-6-4-5-14(17)9-16/h4-6,9-11,15,18H,3,7-8,12H2,1-2H3. The number of likely N-dealkylation sites (N-methyl/N-ethyl adjacent to an activating group) is 1. The van der Waals surface area contributed by atoms with Crippen LogP contribution < -0.4 is 10.1 Å². The molecule has 0 aliphatic carbocycles. The second kappa shape index (κ2) is 8.05. The zero-order valence-electron chi connectivity index (χ0n) is 12.6. The number of benzene rings is 1. The summed E-state index contributed by atoms with van der Waals surface area (Å²) in [6, 6.07) is 7.82. The van der Waals surface area contributed by atoms with E-state index in [9.17, 15) is 0 Å². The number of nitrogens with zero attached hydrogens (tertiary/aromatic N) is 2. The molecule has 0 aliphatic heterocycles. The first-order valence-corrected chi connectivity index (χ1v) is 7.64. The molecule has 2 rings (SSSR count). The molecule has 0 fully saturated rings. The molecular weight excluding hydrogens is 286 g/mol. The Balaban J connectivity index is 1.83. The van der Waals surface area contributed by atoms with Gasteiger partial charge >= 0.3 is 0 Å². The number of ether oxygens (including phenoxy) is 1. The van der Waals surface area contributed by atoms with E-state index < -0.39 is 0 Å². The molecule has 1 atom stereocenters. The molecule has 4 nitrogen and oxygen atoms in total. The van der Waals surface area contributed by atoms with E-state index in [-0.39, 0.29) is 0 Å². The van der Waals surface area contributed by atoms with Crippen LogP contribution in [0.3, 0.4) is 0 Å². The van der Waals surface area contributed by atoms with Gasteiger partial charge in [0.05, 0.1) is 6.20 Å². The third kappa shape index (κ3) is 5.40. The van der Waals surface area contributed by atoms with Crippen molar-refractivity contribution in [2.75, 3.05) is 13.2 Å². The number of hydrogen-bond donors (Lipinski definition) is 1. The SMILES string of the molecule is CCNC(CCc1cnn(C)c1)COc1cccc(Cl)c1. The molecule has 1 N–H and O–H groups in total. The number of halogens is 1. The van der Waals surface area contributed by atoms with Crippen molar-refractivity contribution in [3.8, 4) is 5.75 Å². The van der Waals surface area contributed by atoms with Gasteiger partial charge in [-0.2, -0.15) is 5.10 Å². The molecular formula is C16H22ClN3O. The summed E-state index contributed by atoms with van der Waals surface area (Å²) < 4.78 is 7.66. The molecule has 0 saturated heterocycles. The van der Waals surface area contributed by atoms with Crippen LogP contribution in [-0.2, 0) is 13.5 Å². The third-order valence-corrected chi connectivity index (χ3v) is 3.51. The minimum atomic E-state index is 0.314. The van der Waals surface area contributed by atoms with Gasteiger partial charge in [0, 0.05) is 24.3 Å². The lowest BCUT2D eigenvalue weighted by Crippen LogP contribution is -2.35. The number of rotatable bonds is 8. The molecule has 0 aliphatic rings. The Hall–Kier alpha value is -1.52. The molecule has 114 valence electrons. The molecule has 1 heterocycles. The first-order valence-electron chi connectivity index (χ1n) is 7.26. The lowest BCUT2D eigenvalue weighted by molar-refractivity contribution is 0.258. The maximum absolute atomic E-state index is 5.96. The van der Waals surface area contributed by atoms with Gasteiger partial charge < -0.3 is 10.1 Å². The first kappa shape index (κ1) is 15.9. The highest BCUT2D eigenvalue weighted by Crippen LogP contribution is 2.17. The highest BCUT2D eigenvalue weighted by Gasteiger charge is 2.09. The van der Waals surface area contributed by atoms with Gasteiger partial charge in [0.25, 0.3) is 0 Å². The van der Waals surface area contributed by atoms with E-state index in [1.54, 1.807) is 0 Å². The Morgan fingerprint density at radius 2 is 2.29 bits per heavy atom. The molecule has 0 amide bonds. The molecule has 1 unspecified atom stereocenters. The van der Waals surface area contributed by atoms with Crippen LogP contribution >= 0.6 is 11.6 Å². The van der Waals surface area contributed by atoms with E-state index in [1.165, 1.54) is 5.56 Å². The zero-order chi connectivity index (χ0) is 15.1. The van der Waals surface area contributed by atoms with Crippen LogP contribution in [0.2, 0.25) is 5.02 Å². The van der Waals surface area contributed by atoms with Crippen molar-refractivity contribution in [1.29, 1.82) is 0 Å². The zero-order valence-corrected chi connectivity index (χ0v) is 13.3. The van der Waals surface area contributed by atoms with E-state index in [4.69, 9.17) is 16.3 Å². The summed E-state index contributed by atoms with van der Waals surface area (Å²) in [6.07, 6.45) is 5.98. The molecule has 1 aromatic heterocycles. The number of hydrogen-bond acceptors (Lipinski definition) is 3. The third-order valence-electron chi connectivity index (χ3n) is 3.28. The second-order valence-electron chi connectivity index (χ2n) is 5.08. The van der Waals surface area contributed by atoms with Crippen LogP contribution in [-0.4, -0.2) is 29.0 Å². The molecule has 0 spiro atoms. The average molecular weight is 308 g/mol. The fourth-order valence-electron chi connectivity index (χ4n) is 2.23. The normalized spacial score (nSPS) is 12.3. The van der Waals surface area contributed by atoms with Gasteiger partial charge in [-0.15, -0.1) is 0 Å². The van der Waals surface area contributed by atoms with Gasteiger partial charge in [-0.05, 0) is 43.1 Å². The molecule has 5 heteroatoms. The van der Waals surface area contributed by atoms with E-state index in [1.807, 2.05) is 42.2 Å². The molecule has 2 aromatic rings. The summed E-state index contributed by atoms with van der Waals surface area (Å²) in [5.74, 6) is 0.812. The van der Waals surface area contributed by atoms with Gasteiger partial charge in [-0.1, -0.05) is 24.6 Å². The quantitative estimate of drug-likeness (QED) is 0.814.